The van der Waals surface area contributed by atoms with E-state index in [2.05, 4.69) is 31.5 Å². The van der Waals surface area contributed by atoms with Gasteiger partial charge in [0.15, 0.2) is 0 Å². The number of hydrazone groups is 1. The molecule has 3 aromatic rings. The molecule has 0 aliphatic carbocycles. The van der Waals surface area contributed by atoms with Gasteiger partial charge in [0.25, 0.3) is 11.8 Å². The normalized spacial score (nSPS) is 13.5. The Morgan fingerprint density at radius 3 is 2.45 bits per heavy atom. The summed E-state index contributed by atoms with van der Waals surface area (Å²) in [5.41, 5.74) is 7.42. The molecule has 0 saturated heterocycles. The molecule has 31 heavy (non-hydrogen) atoms. The monoisotopic (exact) mass is 418 g/mol. The van der Waals surface area contributed by atoms with Crippen molar-refractivity contribution in [1.82, 2.24) is 31.1 Å². The van der Waals surface area contributed by atoms with E-state index in [0.29, 0.717) is 16.9 Å². The van der Waals surface area contributed by atoms with Gasteiger partial charge in [-0.15, -0.1) is 5.10 Å². The van der Waals surface area contributed by atoms with Gasteiger partial charge in [-0.05, 0) is 59.3 Å². The molecule has 1 aliphatic rings. The van der Waals surface area contributed by atoms with Crippen molar-refractivity contribution in [2.24, 2.45) is 5.10 Å². The Hall–Kier alpha value is -4.41. The summed E-state index contributed by atoms with van der Waals surface area (Å²) < 4.78 is 1.45. The first-order valence-electron chi connectivity index (χ1n) is 9.42. The second kappa shape index (κ2) is 8.53. The lowest BCUT2D eigenvalue weighted by Gasteiger charge is -2.23. The van der Waals surface area contributed by atoms with Crippen LogP contribution in [0.25, 0.3) is 5.69 Å². The number of nitrogens with zero attached hydrogens (tertiary/aromatic N) is 6. The molecule has 0 saturated carbocycles. The van der Waals surface area contributed by atoms with Crippen LogP contribution in [0.1, 0.15) is 28.8 Å². The van der Waals surface area contributed by atoms with Crippen LogP contribution in [0.3, 0.4) is 0 Å². The van der Waals surface area contributed by atoms with Crippen LogP contribution in [-0.4, -0.2) is 43.6 Å². The summed E-state index contributed by atoms with van der Waals surface area (Å²) in [5, 5.41) is 16.3. The van der Waals surface area contributed by atoms with Gasteiger partial charge in [-0.1, -0.05) is 12.1 Å². The molecule has 3 amide bonds. The zero-order chi connectivity index (χ0) is 21.8. The third-order valence-corrected chi connectivity index (χ3v) is 4.57. The number of rotatable bonds is 4. The van der Waals surface area contributed by atoms with Crippen molar-refractivity contribution < 1.29 is 14.4 Å². The molecule has 0 radical (unpaired) electrons. The van der Waals surface area contributed by atoms with Crippen LogP contribution in [0.4, 0.5) is 5.69 Å². The maximum Gasteiger partial charge on any atom is 0.285 e. The van der Waals surface area contributed by atoms with Gasteiger partial charge < -0.3 is 0 Å². The molecule has 2 heterocycles. The molecule has 4 rings (SSSR count). The Morgan fingerprint density at radius 2 is 1.74 bits per heavy atom. The van der Waals surface area contributed by atoms with Crippen molar-refractivity contribution in [3.63, 3.8) is 0 Å². The van der Waals surface area contributed by atoms with Crippen LogP contribution < -0.4 is 15.9 Å². The molecule has 0 fully saturated rings. The zero-order valence-corrected chi connectivity index (χ0v) is 16.5. The summed E-state index contributed by atoms with van der Waals surface area (Å²) in [7, 11) is 0. The number of carbonyl (C=O) groups excluding carboxylic acids is 3. The fraction of sp³-hybridized carbons (Fsp3) is 0.150. The lowest BCUT2D eigenvalue weighted by molar-refractivity contribution is -0.119. The SMILES string of the molecule is Cc1cccc(N2N=C(C(=O)NNC(=O)c3ccc(-n4cnnn4)cc3)CCC2=O)c1. The average Bonchev–Trinajstić information content (AvgIpc) is 3.32. The fourth-order valence-electron chi connectivity index (χ4n) is 2.98. The third-order valence-electron chi connectivity index (χ3n) is 4.57. The second-order valence-electron chi connectivity index (χ2n) is 6.80. The van der Waals surface area contributed by atoms with Crippen LogP contribution in [0.15, 0.2) is 60.0 Å². The van der Waals surface area contributed by atoms with Crippen molar-refractivity contribution in [3.8, 4) is 5.69 Å². The van der Waals surface area contributed by atoms with Crippen LogP contribution in [-0.2, 0) is 9.59 Å². The topological polar surface area (TPSA) is 134 Å². The smallest absolute Gasteiger partial charge is 0.273 e. The van der Waals surface area contributed by atoms with Crippen molar-refractivity contribution >= 4 is 29.1 Å². The number of aromatic nitrogens is 4. The minimum absolute atomic E-state index is 0.146. The lowest BCUT2D eigenvalue weighted by atomic mass is 10.1. The maximum atomic E-state index is 12.5. The summed E-state index contributed by atoms with van der Waals surface area (Å²) in [5.74, 6) is -1.28. The number of hydrazine groups is 1. The van der Waals surface area contributed by atoms with Gasteiger partial charge in [0.05, 0.1) is 11.4 Å². The minimum atomic E-state index is -0.580. The number of benzene rings is 2. The lowest BCUT2D eigenvalue weighted by Crippen LogP contribution is -2.47. The van der Waals surface area contributed by atoms with Gasteiger partial charge in [0.2, 0.25) is 5.91 Å². The highest BCUT2D eigenvalue weighted by molar-refractivity contribution is 6.40. The number of nitrogens with one attached hydrogen (secondary N) is 2. The van der Waals surface area contributed by atoms with Crippen molar-refractivity contribution in [3.05, 3.63) is 66.0 Å². The Bertz CT molecular complexity index is 1160. The van der Waals surface area contributed by atoms with Gasteiger partial charge in [-0.25, -0.2) is 9.69 Å². The van der Waals surface area contributed by atoms with E-state index < -0.39 is 11.8 Å². The molecule has 2 N–H and O–H groups in total. The Labute approximate surface area is 176 Å². The van der Waals surface area contributed by atoms with Crippen molar-refractivity contribution in [2.75, 3.05) is 5.01 Å². The van der Waals surface area contributed by atoms with E-state index in [1.165, 1.54) is 16.0 Å². The second-order valence-corrected chi connectivity index (χ2v) is 6.80. The first-order chi connectivity index (χ1) is 15.0. The number of tetrazole rings is 1. The zero-order valence-electron chi connectivity index (χ0n) is 16.5. The van der Waals surface area contributed by atoms with E-state index >= 15 is 0 Å². The average molecular weight is 418 g/mol. The van der Waals surface area contributed by atoms with E-state index in [1.54, 1.807) is 30.3 Å². The number of carbonyl (C=O) groups is 3. The Morgan fingerprint density at radius 1 is 0.968 bits per heavy atom. The van der Waals surface area contributed by atoms with Gasteiger partial charge >= 0.3 is 0 Å². The van der Waals surface area contributed by atoms with E-state index in [9.17, 15) is 14.4 Å². The molecule has 156 valence electrons. The maximum absolute atomic E-state index is 12.5. The molecule has 11 heteroatoms. The highest BCUT2D eigenvalue weighted by Gasteiger charge is 2.26. The van der Waals surface area contributed by atoms with E-state index in [1.807, 2.05) is 25.1 Å². The number of amides is 3. The summed E-state index contributed by atoms with van der Waals surface area (Å²) >= 11 is 0. The predicted octanol–water partition coefficient (Wildman–Crippen LogP) is 0.915. The number of hydrogen-bond donors (Lipinski definition) is 2. The summed E-state index contributed by atoms with van der Waals surface area (Å²) in [6.07, 6.45) is 1.77. The Kier molecular flexibility index (Phi) is 5.47. The third kappa shape index (κ3) is 4.45. The predicted molar refractivity (Wildman–Crippen MR) is 110 cm³/mol. The van der Waals surface area contributed by atoms with E-state index in [0.717, 1.165) is 5.56 Å². The van der Waals surface area contributed by atoms with E-state index in [-0.39, 0.29) is 24.5 Å². The molecule has 1 aliphatic heterocycles. The van der Waals surface area contributed by atoms with Gasteiger partial charge in [-0.2, -0.15) is 5.10 Å². The van der Waals surface area contributed by atoms with Crippen LogP contribution >= 0.6 is 0 Å². The Balaban J connectivity index is 1.40. The summed E-state index contributed by atoms with van der Waals surface area (Å²) in [4.78, 5) is 37.0. The quantitative estimate of drug-likeness (QED) is 0.605. The fourth-order valence-corrected chi connectivity index (χ4v) is 2.98. The van der Waals surface area contributed by atoms with E-state index in [4.69, 9.17) is 0 Å². The first-order valence-corrected chi connectivity index (χ1v) is 9.42. The molecule has 0 spiro atoms. The van der Waals surface area contributed by atoms with Gasteiger partial charge in [0, 0.05) is 18.4 Å². The summed E-state index contributed by atoms with van der Waals surface area (Å²) in [6.45, 7) is 1.90. The molecule has 0 bridgehead atoms. The first kappa shape index (κ1) is 19.9. The van der Waals surface area contributed by atoms with Crippen LogP contribution in [0, 0.1) is 6.92 Å². The minimum Gasteiger partial charge on any atom is -0.273 e. The van der Waals surface area contributed by atoms with Gasteiger partial charge in [0.1, 0.15) is 12.0 Å². The highest BCUT2D eigenvalue weighted by Crippen LogP contribution is 2.21. The number of aryl methyl sites for hydroxylation is 1. The largest absolute Gasteiger partial charge is 0.285 e. The molecule has 0 unspecified atom stereocenters. The summed E-state index contributed by atoms with van der Waals surface area (Å²) in [6, 6.07) is 13.8. The molecule has 1 aromatic heterocycles. The molecule has 0 atom stereocenters. The molecular weight excluding hydrogens is 400 g/mol. The van der Waals surface area contributed by atoms with Gasteiger partial charge in [-0.3, -0.25) is 25.2 Å². The molecule has 11 nitrogen and oxygen atoms in total. The van der Waals surface area contributed by atoms with Crippen LogP contribution in [0.2, 0.25) is 0 Å². The highest BCUT2D eigenvalue weighted by atomic mass is 16.2. The van der Waals surface area contributed by atoms with Crippen molar-refractivity contribution in [2.45, 2.75) is 19.8 Å². The molecular formula is C20H18N8O3. The number of anilines is 1. The number of hydrogen-bond acceptors (Lipinski definition) is 7. The molecule has 2 aromatic carbocycles. The van der Waals surface area contributed by atoms with Crippen LogP contribution in [0.5, 0.6) is 0 Å². The standard InChI is InChI=1S/C20H18N8O3/c1-13-3-2-4-16(11-13)28-18(29)10-9-17(24-28)20(31)23-22-19(30)14-5-7-15(8-6-14)27-12-21-25-26-27/h2-8,11-12H,9-10H2,1H3,(H,22,30)(H,23,31). The van der Waals surface area contributed by atoms with Crippen molar-refractivity contribution in [1.29, 1.82) is 0 Å².